The Labute approximate surface area is 55.0 Å². The fraction of sp³-hybridized carbons (Fsp3) is 0.286. The van der Waals surface area contributed by atoms with Crippen LogP contribution >= 0.6 is 0 Å². The maximum atomic E-state index is 3.99. The van der Waals surface area contributed by atoms with E-state index in [1.807, 2.05) is 26.3 Å². The molecule has 0 unspecified atom stereocenters. The van der Waals surface area contributed by atoms with Gasteiger partial charge in [-0.1, -0.05) is 6.92 Å². The highest BCUT2D eigenvalue weighted by Crippen LogP contribution is 1.97. The second kappa shape index (κ2) is 2.58. The molecule has 1 rings (SSSR count). The van der Waals surface area contributed by atoms with Crippen molar-refractivity contribution in [2.24, 2.45) is 0 Å². The quantitative estimate of drug-likeness (QED) is 0.560. The van der Waals surface area contributed by atoms with Crippen LogP contribution in [0.25, 0.3) is 0 Å². The van der Waals surface area contributed by atoms with Gasteiger partial charge in [0, 0.05) is 17.8 Å². The minimum Gasteiger partial charge on any atom is -0.242 e. The molecule has 9 heavy (non-hydrogen) atoms. The van der Waals surface area contributed by atoms with Gasteiger partial charge in [-0.25, -0.2) is 9.97 Å². The summed E-state index contributed by atoms with van der Waals surface area (Å²) in [6, 6.07) is 1.94. The molecule has 47 valence electrons. The highest BCUT2D eigenvalue weighted by Gasteiger charge is 1.88. The summed E-state index contributed by atoms with van der Waals surface area (Å²) in [7, 11) is 0. The first-order chi connectivity index (χ1) is 4.33. The van der Waals surface area contributed by atoms with Crippen molar-refractivity contribution in [1.29, 1.82) is 0 Å². The third-order valence-corrected chi connectivity index (χ3v) is 1.12. The Kier molecular flexibility index (Phi) is 1.78. The Hall–Kier alpha value is -0.920. The fourth-order valence-corrected chi connectivity index (χ4v) is 0.633. The molecule has 0 bridgehead atoms. The van der Waals surface area contributed by atoms with E-state index in [4.69, 9.17) is 0 Å². The molecule has 1 heterocycles. The Bertz CT molecular complexity index is 196. The normalized spacial score (nSPS) is 9.56. The van der Waals surface area contributed by atoms with E-state index in [0.717, 1.165) is 11.4 Å². The molecule has 0 fully saturated rings. The van der Waals surface area contributed by atoms with E-state index >= 15 is 0 Å². The van der Waals surface area contributed by atoms with Gasteiger partial charge in [0.2, 0.25) is 0 Å². The number of aromatic nitrogens is 2. The summed E-state index contributed by atoms with van der Waals surface area (Å²) in [5.41, 5.74) is 2.00. The summed E-state index contributed by atoms with van der Waals surface area (Å²) in [5.74, 6) is 0. The van der Waals surface area contributed by atoms with Crippen LogP contribution in [0.2, 0.25) is 0 Å². The average molecular weight is 121 g/mol. The van der Waals surface area contributed by atoms with Crippen LogP contribution in [0.15, 0.2) is 12.4 Å². The molecule has 0 aliphatic carbocycles. The zero-order valence-corrected chi connectivity index (χ0v) is 5.63. The molecule has 2 heteroatoms. The Morgan fingerprint density at radius 2 is 2.22 bits per heavy atom. The van der Waals surface area contributed by atoms with E-state index in [1.165, 1.54) is 0 Å². The van der Waals surface area contributed by atoms with Gasteiger partial charge in [-0.15, -0.1) is 0 Å². The lowest BCUT2D eigenvalue weighted by Crippen LogP contribution is -1.87. The standard InChI is InChI=1S/C7H9N2/c1-3-7-4-6(2)8-5-9-7/h3-5H,1-2H3. The first kappa shape index (κ1) is 6.20. The second-order valence-corrected chi connectivity index (χ2v) is 1.87. The first-order valence-corrected chi connectivity index (χ1v) is 2.91. The highest BCUT2D eigenvalue weighted by molar-refractivity contribution is 5.12. The van der Waals surface area contributed by atoms with Crippen molar-refractivity contribution in [3.8, 4) is 0 Å². The number of aryl methyl sites for hydroxylation is 1. The number of hydrogen-bond donors (Lipinski definition) is 0. The van der Waals surface area contributed by atoms with E-state index < -0.39 is 0 Å². The minimum atomic E-state index is 0.988. The van der Waals surface area contributed by atoms with Crippen molar-refractivity contribution in [2.75, 3.05) is 0 Å². The Morgan fingerprint density at radius 1 is 1.44 bits per heavy atom. The van der Waals surface area contributed by atoms with Crippen LogP contribution in [0.5, 0.6) is 0 Å². The van der Waals surface area contributed by atoms with Gasteiger partial charge in [-0.2, -0.15) is 0 Å². The maximum Gasteiger partial charge on any atom is 0.115 e. The lowest BCUT2D eigenvalue weighted by atomic mass is 10.3. The van der Waals surface area contributed by atoms with Crippen molar-refractivity contribution < 1.29 is 0 Å². The summed E-state index contributed by atoms with van der Waals surface area (Å²) in [4.78, 5) is 7.95. The summed E-state index contributed by atoms with van der Waals surface area (Å²) in [6.45, 7) is 3.91. The number of hydrogen-bond acceptors (Lipinski definition) is 2. The Balaban J connectivity index is 2.94. The van der Waals surface area contributed by atoms with Gasteiger partial charge in [0.25, 0.3) is 0 Å². The molecule has 0 aliphatic heterocycles. The highest BCUT2D eigenvalue weighted by atomic mass is 14.8. The minimum absolute atomic E-state index is 0.988. The van der Waals surface area contributed by atoms with E-state index in [2.05, 4.69) is 9.97 Å². The van der Waals surface area contributed by atoms with Gasteiger partial charge in [0.1, 0.15) is 6.33 Å². The topological polar surface area (TPSA) is 25.8 Å². The third-order valence-electron chi connectivity index (χ3n) is 1.12. The van der Waals surface area contributed by atoms with Crippen LogP contribution in [0, 0.1) is 13.3 Å². The predicted molar refractivity (Wildman–Crippen MR) is 35.8 cm³/mol. The molecular formula is C7H9N2. The Morgan fingerprint density at radius 3 is 2.67 bits per heavy atom. The largest absolute Gasteiger partial charge is 0.242 e. The molecule has 1 radical (unpaired) electrons. The molecule has 0 amide bonds. The maximum absolute atomic E-state index is 3.99. The van der Waals surface area contributed by atoms with E-state index in [-0.39, 0.29) is 0 Å². The van der Waals surface area contributed by atoms with Gasteiger partial charge in [-0.05, 0) is 13.0 Å². The van der Waals surface area contributed by atoms with Gasteiger partial charge < -0.3 is 0 Å². The lowest BCUT2D eigenvalue weighted by Gasteiger charge is -1.93. The SMILES string of the molecule is C[CH]c1cc(C)ncn1. The van der Waals surface area contributed by atoms with Gasteiger partial charge >= 0.3 is 0 Å². The number of rotatable bonds is 1. The van der Waals surface area contributed by atoms with Crippen molar-refractivity contribution in [3.63, 3.8) is 0 Å². The molecule has 0 aromatic carbocycles. The van der Waals surface area contributed by atoms with Gasteiger partial charge in [-0.3, -0.25) is 0 Å². The third kappa shape index (κ3) is 1.49. The molecule has 0 spiro atoms. The zero-order valence-electron chi connectivity index (χ0n) is 5.63. The van der Waals surface area contributed by atoms with Crippen molar-refractivity contribution in [2.45, 2.75) is 13.8 Å². The molecule has 0 saturated carbocycles. The lowest BCUT2D eigenvalue weighted by molar-refractivity contribution is 1.06. The summed E-state index contributed by atoms with van der Waals surface area (Å²) >= 11 is 0. The van der Waals surface area contributed by atoms with Crippen molar-refractivity contribution in [1.82, 2.24) is 9.97 Å². The second-order valence-electron chi connectivity index (χ2n) is 1.87. The van der Waals surface area contributed by atoms with Crippen LogP contribution in [-0.4, -0.2) is 9.97 Å². The molecule has 0 atom stereocenters. The zero-order chi connectivity index (χ0) is 6.69. The van der Waals surface area contributed by atoms with Crippen LogP contribution in [-0.2, 0) is 0 Å². The molecule has 2 nitrogen and oxygen atoms in total. The molecule has 1 aromatic rings. The molecule has 0 saturated heterocycles. The van der Waals surface area contributed by atoms with Gasteiger partial charge in [0.15, 0.2) is 0 Å². The number of nitrogens with zero attached hydrogens (tertiary/aromatic N) is 2. The molecule has 1 aromatic heterocycles. The molecular weight excluding hydrogens is 112 g/mol. The molecule has 0 aliphatic rings. The fourth-order valence-electron chi connectivity index (χ4n) is 0.633. The van der Waals surface area contributed by atoms with Crippen LogP contribution in [0.4, 0.5) is 0 Å². The van der Waals surface area contributed by atoms with E-state index in [0.29, 0.717) is 0 Å². The van der Waals surface area contributed by atoms with Crippen LogP contribution in [0.3, 0.4) is 0 Å². The van der Waals surface area contributed by atoms with Crippen molar-refractivity contribution in [3.05, 3.63) is 30.2 Å². The van der Waals surface area contributed by atoms with E-state index in [1.54, 1.807) is 6.33 Å². The average Bonchev–Trinajstić information content (AvgIpc) is 1.88. The van der Waals surface area contributed by atoms with Crippen molar-refractivity contribution >= 4 is 0 Å². The predicted octanol–water partition coefficient (Wildman–Crippen LogP) is 1.36. The summed E-state index contributed by atoms with van der Waals surface area (Å²) in [6.07, 6.45) is 3.53. The molecule has 0 N–H and O–H groups in total. The summed E-state index contributed by atoms with van der Waals surface area (Å²) < 4.78 is 0. The summed E-state index contributed by atoms with van der Waals surface area (Å²) in [5, 5.41) is 0. The van der Waals surface area contributed by atoms with Crippen LogP contribution < -0.4 is 0 Å². The first-order valence-electron chi connectivity index (χ1n) is 2.91. The monoisotopic (exact) mass is 121 g/mol. The van der Waals surface area contributed by atoms with Gasteiger partial charge in [0.05, 0.1) is 0 Å². The van der Waals surface area contributed by atoms with Crippen LogP contribution in [0.1, 0.15) is 18.3 Å². The smallest absolute Gasteiger partial charge is 0.115 e. The van der Waals surface area contributed by atoms with E-state index in [9.17, 15) is 0 Å².